The molecule has 2 aliphatic rings. The number of anilines is 1. The first kappa shape index (κ1) is 24.1. The normalized spacial score (nSPS) is 18.3. The summed E-state index contributed by atoms with van der Waals surface area (Å²) in [6.07, 6.45) is 1.82. The Kier molecular flexibility index (Phi) is 7.34. The van der Waals surface area contributed by atoms with Gasteiger partial charge in [0, 0.05) is 31.4 Å². The number of hydrogen-bond acceptors (Lipinski definition) is 6. The van der Waals surface area contributed by atoms with E-state index in [4.69, 9.17) is 14.5 Å². The van der Waals surface area contributed by atoms with Crippen LogP contribution in [0.25, 0.3) is 6.08 Å². The van der Waals surface area contributed by atoms with Crippen molar-refractivity contribution in [1.82, 2.24) is 4.90 Å². The lowest BCUT2D eigenvalue weighted by atomic mass is 10.2. The van der Waals surface area contributed by atoms with E-state index in [-0.39, 0.29) is 18.3 Å². The van der Waals surface area contributed by atoms with Crippen LogP contribution < -0.4 is 9.64 Å². The van der Waals surface area contributed by atoms with E-state index >= 15 is 0 Å². The van der Waals surface area contributed by atoms with Crippen molar-refractivity contribution in [1.29, 1.82) is 0 Å². The first-order chi connectivity index (χ1) is 17.6. The third-order valence-electron chi connectivity index (χ3n) is 5.96. The quantitative estimate of drug-likeness (QED) is 0.417. The van der Waals surface area contributed by atoms with E-state index < -0.39 is 0 Å². The van der Waals surface area contributed by atoms with Crippen LogP contribution in [-0.4, -0.2) is 49.3 Å². The number of thioether (sulfide) groups is 1. The molecule has 0 unspecified atom stereocenters. The van der Waals surface area contributed by atoms with Crippen LogP contribution in [0.4, 0.5) is 15.8 Å². The Labute approximate surface area is 214 Å². The number of carbonyl (C=O) groups excluding carboxylic acids is 1. The molecule has 0 atom stereocenters. The Balaban J connectivity index is 1.27. The number of amides is 1. The summed E-state index contributed by atoms with van der Waals surface area (Å²) in [5.41, 5.74) is 3.24. The predicted octanol–water partition coefficient (Wildman–Crippen LogP) is 5.48. The van der Waals surface area contributed by atoms with Gasteiger partial charge in [-0.05, 0) is 65.9 Å². The molecule has 3 aromatic rings. The molecule has 5 rings (SSSR count). The van der Waals surface area contributed by atoms with Crippen molar-refractivity contribution in [3.8, 4) is 5.75 Å². The molecule has 0 spiro atoms. The summed E-state index contributed by atoms with van der Waals surface area (Å²) >= 11 is 1.34. The highest BCUT2D eigenvalue weighted by Gasteiger charge is 2.30. The average Bonchev–Trinajstić information content (AvgIpc) is 3.17. The molecule has 2 aliphatic heterocycles. The van der Waals surface area contributed by atoms with Gasteiger partial charge < -0.3 is 14.4 Å². The number of rotatable bonds is 6. The Morgan fingerprint density at radius 3 is 2.61 bits per heavy atom. The Morgan fingerprint density at radius 1 is 1.06 bits per heavy atom. The SMILES string of the molecule is CN1C(=O)/C(=C/c2cccc(OCc3ccccc3F)c2)SC1=Nc1ccc(N2CCOCC2)cc1. The van der Waals surface area contributed by atoms with Crippen LogP contribution in [0, 0.1) is 5.82 Å². The number of morpholine rings is 1. The van der Waals surface area contributed by atoms with Gasteiger partial charge in [0.05, 0.1) is 23.8 Å². The van der Waals surface area contributed by atoms with Gasteiger partial charge >= 0.3 is 0 Å². The fraction of sp³-hybridized carbons (Fsp3) is 0.214. The van der Waals surface area contributed by atoms with Crippen molar-refractivity contribution < 1.29 is 18.7 Å². The maximum atomic E-state index is 13.9. The topological polar surface area (TPSA) is 54.4 Å². The minimum Gasteiger partial charge on any atom is -0.489 e. The number of amidine groups is 1. The van der Waals surface area contributed by atoms with E-state index in [0.29, 0.717) is 21.4 Å². The second kappa shape index (κ2) is 11.0. The van der Waals surface area contributed by atoms with Crippen LogP contribution in [0.3, 0.4) is 0 Å². The lowest BCUT2D eigenvalue weighted by Gasteiger charge is -2.28. The van der Waals surface area contributed by atoms with Gasteiger partial charge in [-0.25, -0.2) is 9.38 Å². The highest BCUT2D eigenvalue weighted by Crippen LogP contribution is 2.34. The van der Waals surface area contributed by atoms with E-state index in [1.165, 1.54) is 17.8 Å². The summed E-state index contributed by atoms with van der Waals surface area (Å²) in [6.45, 7) is 3.37. The number of likely N-dealkylation sites (N-methyl/N-ethyl adjacent to an activating group) is 1. The van der Waals surface area contributed by atoms with Crippen LogP contribution in [0.1, 0.15) is 11.1 Å². The van der Waals surface area contributed by atoms with E-state index in [1.807, 2.05) is 42.5 Å². The average molecular weight is 504 g/mol. The molecular formula is C28H26FN3O3S. The molecule has 0 bridgehead atoms. The highest BCUT2D eigenvalue weighted by atomic mass is 32.2. The van der Waals surface area contributed by atoms with Crippen LogP contribution in [-0.2, 0) is 16.1 Å². The van der Waals surface area contributed by atoms with Crippen molar-refractivity contribution in [2.45, 2.75) is 6.61 Å². The fourth-order valence-electron chi connectivity index (χ4n) is 3.94. The highest BCUT2D eigenvalue weighted by molar-refractivity contribution is 8.18. The first-order valence-electron chi connectivity index (χ1n) is 11.7. The summed E-state index contributed by atoms with van der Waals surface area (Å²) in [7, 11) is 1.73. The number of carbonyl (C=O) groups is 1. The second-order valence-corrected chi connectivity index (χ2v) is 9.45. The van der Waals surface area contributed by atoms with Gasteiger partial charge in [-0.3, -0.25) is 9.69 Å². The zero-order chi connectivity index (χ0) is 24.9. The monoisotopic (exact) mass is 503 g/mol. The molecule has 0 aliphatic carbocycles. The number of hydrogen-bond donors (Lipinski definition) is 0. The van der Waals surface area contributed by atoms with Gasteiger partial charge in [-0.1, -0.05) is 30.3 Å². The van der Waals surface area contributed by atoms with Crippen molar-refractivity contribution >= 4 is 40.3 Å². The van der Waals surface area contributed by atoms with Gasteiger partial charge in [0.25, 0.3) is 5.91 Å². The Hall–Kier alpha value is -3.62. The summed E-state index contributed by atoms with van der Waals surface area (Å²) in [5.74, 6) is 0.196. The number of benzene rings is 3. The van der Waals surface area contributed by atoms with Crippen LogP contribution in [0.5, 0.6) is 5.75 Å². The largest absolute Gasteiger partial charge is 0.489 e. The minimum absolute atomic E-state index is 0.110. The molecular weight excluding hydrogens is 477 g/mol. The van der Waals surface area contributed by atoms with Crippen LogP contribution in [0.2, 0.25) is 0 Å². The third kappa shape index (κ3) is 5.61. The summed E-state index contributed by atoms with van der Waals surface area (Å²) in [4.78, 5) is 22.0. The molecule has 0 N–H and O–H groups in total. The first-order valence-corrected chi connectivity index (χ1v) is 12.5. The maximum absolute atomic E-state index is 13.9. The smallest absolute Gasteiger partial charge is 0.266 e. The zero-order valence-electron chi connectivity index (χ0n) is 19.9. The van der Waals surface area contributed by atoms with E-state index in [0.717, 1.165) is 43.2 Å². The molecule has 0 radical (unpaired) electrons. The molecule has 0 aromatic heterocycles. The second-order valence-electron chi connectivity index (χ2n) is 8.44. The number of nitrogens with zero attached hydrogens (tertiary/aromatic N) is 3. The Morgan fingerprint density at radius 2 is 1.83 bits per heavy atom. The molecule has 3 aromatic carbocycles. The lowest BCUT2D eigenvalue weighted by molar-refractivity contribution is -0.121. The number of halogens is 1. The Bertz CT molecular complexity index is 1300. The van der Waals surface area contributed by atoms with Crippen molar-refractivity contribution in [2.24, 2.45) is 4.99 Å². The predicted molar refractivity (Wildman–Crippen MR) is 142 cm³/mol. The number of ether oxygens (including phenoxy) is 2. The molecule has 6 nitrogen and oxygen atoms in total. The van der Waals surface area contributed by atoms with E-state index in [1.54, 1.807) is 30.1 Å². The van der Waals surface area contributed by atoms with Gasteiger partial charge in [-0.2, -0.15) is 0 Å². The lowest BCUT2D eigenvalue weighted by Crippen LogP contribution is -2.36. The summed E-state index contributed by atoms with van der Waals surface area (Å²) in [5, 5.41) is 0.623. The van der Waals surface area contributed by atoms with Crippen molar-refractivity contribution in [2.75, 3.05) is 38.3 Å². The standard InChI is InChI=1S/C28H26FN3O3S/c1-31-27(33)26(18-20-5-4-7-24(17-20)35-19-21-6-2-3-8-25(21)29)36-28(31)30-22-9-11-23(12-10-22)32-13-15-34-16-14-32/h2-12,17-18H,13-16,19H2,1H3/b26-18-,30-28?. The molecule has 2 heterocycles. The zero-order valence-corrected chi connectivity index (χ0v) is 20.7. The fourth-order valence-corrected chi connectivity index (χ4v) is 4.93. The summed E-state index contributed by atoms with van der Waals surface area (Å²) in [6, 6.07) is 22.0. The van der Waals surface area contributed by atoms with E-state index in [9.17, 15) is 9.18 Å². The maximum Gasteiger partial charge on any atom is 0.266 e. The van der Waals surface area contributed by atoms with Gasteiger partial charge in [0.1, 0.15) is 18.2 Å². The summed E-state index contributed by atoms with van der Waals surface area (Å²) < 4.78 is 25.1. The van der Waals surface area contributed by atoms with Gasteiger partial charge in [-0.15, -0.1) is 0 Å². The van der Waals surface area contributed by atoms with Crippen molar-refractivity contribution in [3.63, 3.8) is 0 Å². The molecule has 8 heteroatoms. The van der Waals surface area contributed by atoms with Gasteiger partial charge in [0.15, 0.2) is 5.17 Å². The third-order valence-corrected chi connectivity index (χ3v) is 7.02. The van der Waals surface area contributed by atoms with Crippen molar-refractivity contribution in [3.05, 3.63) is 94.6 Å². The molecule has 184 valence electrons. The molecule has 2 fully saturated rings. The van der Waals surface area contributed by atoms with E-state index in [2.05, 4.69) is 17.0 Å². The molecule has 2 saturated heterocycles. The minimum atomic E-state index is -0.297. The van der Waals surface area contributed by atoms with Gasteiger partial charge in [0.2, 0.25) is 0 Å². The van der Waals surface area contributed by atoms with Crippen LogP contribution in [0.15, 0.2) is 82.7 Å². The number of aliphatic imine (C=N–C) groups is 1. The van der Waals surface area contributed by atoms with Crippen LogP contribution >= 0.6 is 11.8 Å². The molecule has 0 saturated carbocycles. The molecule has 1 amide bonds. The molecule has 36 heavy (non-hydrogen) atoms.